The fourth-order valence-corrected chi connectivity index (χ4v) is 3.93. The lowest BCUT2D eigenvalue weighted by molar-refractivity contribution is 0.143. The molecule has 0 aliphatic carbocycles. The first-order chi connectivity index (χ1) is 9.28. The lowest BCUT2D eigenvalue weighted by Crippen LogP contribution is -2.61. The van der Waals surface area contributed by atoms with E-state index in [0.717, 1.165) is 5.92 Å². The van der Waals surface area contributed by atoms with Crippen molar-refractivity contribution in [3.63, 3.8) is 0 Å². The Hall–Kier alpha value is -0.0800. The van der Waals surface area contributed by atoms with E-state index in [1.165, 1.54) is 51.5 Å². The zero-order valence-corrected chi connectivity index (χ0v) is 14.8. The molecule has 0 radical (unpaired) electrons. The molecule has 1 heterocycles. The van der Waals surface area contributed by atoms with Crippen LogP contribution >= 0.6 is 0 Å². The Morgan fingerprint density at radius 3 is 2.15 bits per heavy atom. The lowest BCUT2D eigenvalue weighted by Gasteiger charge is -2.47. The van der Waals surface area contributed by atoms with Crippen molar-refractivity contribution >= 4 is 0 Å². The van der Waals surface area contributed by atoms with Crippen molar-refractivity contribution in [1.29, 1.82) is 0 Å². The minimum atomic E-state index is 0.253. The highest BCUT2D eigenvalue weighted by atomic mass is 15.1. The number of hydrogen-bond donors (Lipinski definition) is 2. The molecule has 0 aromatic carbocycles. The first-order valence-electron chi connectivity index (χ1n) is 8.80. The van der Waals surface area contributed by atoms with E-state index >= 15 is 0 Å². The number of nitrogens with one attached hydrogen (secondary N) is 2. The average molecular weight is 283 g/mol. The predicted octanol–water partition coefficient (Wildman–Crippen LogP) is 4.49. The van der Waals surface area contributed by atoms with Gasteiger partial charge in [0.15, 0.2) is 0 Å². The van der Waals surface area contributed by atoms with Crippen molar-refractivity contribution in [1.82, 2.24) is 10.6 Å². The maximum atomic E-state index is 3.87. The molecule has 2 nitrogen and oxygen atoms in total. The van der Waals surface area contributed by atoms with Crippen LogP contribution in [-0.2, 0) is 0 Å². The van der Waals surface area contributed by atoms with Gasteiger partial charge in [0.05, 0.1) is 0 Å². The van der Waals surface area contributed by atoms with E-state index in [-0.39, 0.29) is 11.1 Å². The van der Waals surface area contributed by atoms with Crippen molar-refractivity contribution in [3.05, 3.63) is 0 Å². The molecule has 0 spiro atoms. The van der Waals surface area contributed by atoms with Gasteiger partial charge in [-0.2, -0.15) is 0 Å². The number of rotatable bonds is 8. The van der Waals surface area contributed by atoms with E-state index in [9.17, 15) is 0 Å². The summed E-state index contributed by atoms with van der Waals surface area (Å²) in [4.78, 5) is 0. The molecule has 0 amide bonds. The normalized spacial score (nSPS) is 23.7. The summed E-state index contributed by atoms with van der Waals surface area (Å²) < 4.78 is 0. The molecule has 2 N–H and O–H groups in total. The SMILES string of the molecule is CCCCCC(CC)CNC1CC(C)(C)NC(C)(C)C1. The quantitative estimate of drug-likeness (QED) is 0.641. The Balaban J connectivity index is 2.39. The van der Waals surface area contributed by atoms with Gasteiger partial charge < -0.3 is 10.6 Å². The van der Waals surface area contributed by atoms with Crippen molar-refractivity contribution in [2.45, 2.75) is 104 Å². The zero-order chi connectivity index (χ0) is 15.2. The van der Waals surface area contributed by atoms with Gasteiger partial charge in [0.25, 0.3) is 0 Å². The molecule has 0 aromatic rings. The fraction of sp³-hybridized carbons (Fsp3) is 1.00. The van der Waals surface area contributed by atoms with Crippen LogP contribution in [0, 0.1) is 5.92 Å². The van der Waals surface area contributed by atoms with Gasteiger partial charge in [-0.25, -0.2) is 0 Å². The summed E-state index contributed by atoms with van der Waals surface area (Å²) in [6, 6.07) is 0.668. The van der Waals surface area contributed by atoms with E-state index in [4.69, 9.17) is 0 Å². The monoisotopic (exact) mass is 282 g/mol. The maximum absolute atomic E-state index is 3.87. The van der Waals surface area contributed by atoms with E-state index in [1.807, 2.05) is 0 Å². The third-order valence-electron chi connectivity index (χ3n) is 4.68. The second-order valence-corrected chi connectivity index (χ2v) is 8.18. The van der Waals surface area contributed by atoms with Crippen LogP contribution in [0.5, 0.6) is 0 Å². The molecule has 1 aliphatic heterocycles. The first kappa shape index (κ1) is 18.0. The van der Waals surface area contributed by atoms with Gasteiger partial charge in [0, 0.05) is 17.1 Å². The molecule has 20 heavy (non-hydrogen) atoms. The molecular formula is C18H38N2. The minimum absolute atomic E-state index is 0.253. The van der Waals surface area contributed by atoms with Gasteiger partial charge in [0.2, 0.25) is 0 Å². The molecule has 0 bridgehead atoms. The standard InChI is InChI=1S/C18H38N2/c1-7-9-10-11-15(8-2)14-19-16-12-17(3,4)20-18(5,6)13-16/h15-16,19-20H,7-14H2,1-6H3. The predicted molar refractivity (Wildman–Crippen MR) is 90.2 cm³/mol. The molecule has 0 saturated carbocycles. The van der Waals surface area contributed by atoms with Crippen LogP contribution in [0.15, 0.2) is 0 Å². The van der Waals surface area contributed by atoms with Gasteiger partial charge >= 0.3 is 0 Å². The molecule has 1 aliphatic rings. The van der Waals surface area contributed by atoms with Crippen LogP contribution in [0.4, 0.5) is 0 Å². The molecule has 1 saturated heterocycles. The topological polar surface area (TPSA) is 24.1 Å². The summed E-state index contributed by atoms with van der Waals surface area (Å²) in [6.45, 7) is 15.2. The summed E-state index contributed by atoms with van der Waals surface area (Å²) in [5, 5.41) is 7.64. The smallest absolute Gasteiger partial charge is 0.0144 e. The third kappa shape index (κ3) is 6.58. The second-order valence-electron chi connectivity index (χ2n) is 8.18. The highest BCUT2D eigenvalue weighted by molar-refractivity contribution is 4.99. The van der Waals surface area contributed by atoms with Crippen molar-refractivity contribution in [2.75, 3.05) is 6.54 Å². The molecule has 1 rings (SSSR count). The van der Waals surface area contributed by atoms with Crippen LogP contribution in [0.2, 0.25) is 0 Å². The van der Waals surface area contributed by atoms with E-state index < -0.39 is 0 Å². The molecule has 0 aromatic heterocycles. The third-order valence-corrected chi connectivity index (χ3v) is 4.68. The van der Waals surface area contributed by atoms with Crippen LogP contribution in [0.25, 0.3) is 0 Å². The molecular weight excluding hydrogens is 244 g/mol. The largest absolute Gasteiger partial charge is 0.314 e. The van der Waals surface area contributed by atoms with Gasteiger partial charge in [-0.3, -0.25) is 0 Å². The molecule has 2 heteroatoms. The van der Waals surface area contributed by atoms with Crippen molar-refractivity contribution in [2.24, 2.45) is 5.92 Å². The van der Waals surface area contributed by atoms with Gasteiger partial charge in [-0.15, -0.1) is 0 Å². The Morgan fingerprint density at radius 2 is 1.65 bits per heavy atom. The fourth-order valence-electron chi connectivity index (χ4n) is 3.93. The summed E-state index contributed by atoms with van der Waals surface area (Å²) in [5.74, 6) is 0.864. The summed E-state index contributed by atoms with van der Waals surface area (Å²) in [7, 11) is 0. The summed E-state index contributed by atoms with van der Waals surface area (Å²) in [5.41, 5.74) is 0.507. The van der Waals surface area contributed by atoms with Crippen LogP contribution in [0.3, 0.4) is 0 Å². The van der Waals surface area contributed by atoms with Crippen LogP contribution in [-0.4, -0.2) is 23.7 Å². The molecule has 1 unspecified atom stereocenters. The summed E-state index contributed by atoms with van der Waals surface area (Å²) in [6.07, 6.45) is 9.32. The first-order valence-corrected chi connectivity index (χ1v) is 8.80. The lowest BCUT2D eigenvalue weighted by atomic mass is 9.79. The van der Waals surface area contributed by atoms with Gasteiger partial charge in [-0.1, -0.05) is 39.5 Å². The molecule has 1 fully saturated rings. The van der Waals surface area contributed by atoms with Crippen molar-refractivity contribution < 1.29 is 0 Å². The Kier molecular flexibility index (Phi) is 7.00. The van der Waals surface area contributed by atoms with E-state index in [1.54, 1.807) is 0 Å². The van der Waals surface area contributed by atoms with Gasteiger partial charge in [0.1, 0.15) is 0 Å². The minimum Gasteiger partial charge on any atom is -0.314 e. The van der Waals surface area contributed by atoms with Crippen LogP contribution < -0.4 is 10.6 Å². The van der Waals surface area contributed by atoms with E-state index in [0.29, 0.717) is 6.04 Å². The van der Waals surface area contributed by atoms with Gasteiger partial charge in [-0.05, 0) is 59.4 Å². The van der Waals surface area contributed by atoms with E-state index in [2.05, 4.69) is 52.2 Å². The number of hydrogen-bond acceptors (Lipinski definition) is 2. The van der Waals surface area contributed by atoms with Crippen molar-refractivity contribution in [3.8, 4) is 0 Å². The highest BCUT2D eigenvalue weighted by Gasteiger charge is 2.37. The zero-order valence-electron chi connectivity index (χ0n) is 14.8. The molecule has 120 valence electrons. The Labute approximate surface area is 127 Å². The number of piperidine rings is 1. The average Bonchev–Trinajstić information content (AvgIpc) is 2.29. The summed E-state index contributed by atoms with van der Waals surface area (Å²) >= 11 is 0. The number of unbranched alkanes of at least 4 members (excludes halogenated alkanes) is 2. The Morgan fingerprint density at radius 1 is 1.05 bits per heavy atom. The maximum Gasteiger partial charge on any atom is 0.0144 e. The highest BCUT2D eigenvalue weighted by Crippen LogP contribution is 2.28. The second kappa shape index (κ2) is 7.79. The Bertz CT molecular complexity index is 255. The molecule has 1 atom stereocenters. The van der Waals surface area contributed by atoms with Crippen LogP contribution in [0.1, 0.15) is 86.5 Å².